The molecule has 0 aliphatic carbocycles. The largest absolute Gasteiger partial charge is 0.383 e. The number of hydrogen-bond acceptors (Lipinski definition) is 5. The van der Waals surface area contributed by atoms with E-state index in [4.69, 9.17) is 10.4 Å². The molecule has 2 aromatic carbocycles. The maximum absolute atomic E-state index is 11.9. The second kappa shape index (κ2) is 8.99. The quantitative estimate of drug-likeness (QED) is 0.645. The minimum atomic E-state index is -3.69. The monoisotopic (exact) mass is 372 g/mol. The molecule has 0 saturated carbocycles. The van der Waals surface area contributed by atoms with E-state index in [1.807, 2.05) is 6.07 Å². The minimum absolute atomic E-state index is 0.0639. The van der Waals surface area contributed by atoms with Gasteiger partial charge in [-0.2, -0.15) is 5.26 Å². The third-order valence-corrected chi connectivity index (χ3v) is 4.63. The summed E-state index contributed by atoms with van der Waals surface area (Å²) in [6.07, 6.45) is 0.867. The van der Waals surface area contributed by atoms with E-state index in [0.29, 0.717) is 30.8 Å². The van der Waals surface area contributed by atoms with Crippen LogP contribution in [-0.2, 0) is 21.2 Å². The molecule has 1 amide bonds. The van der Waals surface area contributed by atoms with Crippen LogP contribution in [0.1, 0.15) is 17.5 Å². The van der Waals surface area contributed by atoms with E-state index in [1.54, 1.807) is 30.3 Å². The number of hydrogen-bond donors (Lipinski definition) is 3. The van der Waals surface area contributed by atoms with Crippen LogP contribution in [0.4, 0.5) is 5.69 Å². The maximum Gasteiger partial charge on any atom is 0.238 e. The van der Waals surface area contributed by atoms with E-state index in [9.17, 15) is 13.2 Å². The first-order valence-electron chi connectivity index (χ1n) is 8.01. The van der Waals surface area contributed by atoms with Crippen molar-refractivity contribution >= 4 is 21.6 Å². The first-order chi connectivity index (χ1) is 12.4. The van der Waals surface area contributed by atoms with E-state index in [-0.39, 0.29) is 17.2 Å². The molecule has 0 bridgehead atoms. The van der Waals surface area contributed by atoms with Gasteiger partial charge in [-0.25, -0.2) is 13.6 Å². The molecule has 0 spiro atoms. The lowest BCUT2D eigenvalue weighted by Crippen LogP contribution is -2.27. The van der Waals surface area contributed by atoms with Crippen LogP contribution in [0.2, 0.25) is 0 Å². The average molecular weight is 372 g/mol. The zero-order valence-corrected chi connectivity index (χ0v) is 14.9. The molecule has 0 saturated heterocycles. The fourth-order valence-corrected chi connectivity index (χ4v) is 2.84. The molecule has 4 N–H and O–H groups in total. The molecule has 0 heterocycles. The van der Waals surface area contributed by atoms with Gasteiger partial charge in [0.25, 0.3) is 0 Å². The normalized spacial score (nSPS) is 10.8. The first kappa shape index (κ1) is 19.4. The summed E-state index contributed by atoms with van der Waals surface area (Å²) in [5.41, 5.74) is 2.15. The van der Waals surface area contributed by atoms with Crippen LogP contribution in [0.25, 0.3) is 0 Å². The molecule has 7 nitrogen and oxygen atoms in total. The van der Waals surface area contributed by atoms with Gasteiger partial charge in [-0.3, -0.25) is 4.79 Å². The summed E-state index contributed by atoms with van der Waals surface area (Å²) in [5.74, 6) is -0.104. The highest BCUT2D eigenvalue weighted by molar-refractivity contribution is 7.89. The summed E-state index contributed by atoms with van der Waals surface area (Å²) < 4.78 is 22.4. The number of rotatable bonds is 8. The van der Waals surface area contributed by atoms with Crippen molar-refractivity contribution < 1.29 is 13.2 Å². The fourth-order valence-electron chi connectivity index (χ4n) is 2.33. The molecule has 0 unspecified atom stereocenters. The highest BCUT2D eigenvalue weighted by atomic mass is 32.2. The minimum Gasteiger partial charge on any atom is -0.383 e. The van der Waals surface area contributed by atoms with Gasteiger partial charge in [-0.05, 0) is 36.2 Å². The van der Waals surface area contributed by atoms with Crippen LogP contribution < -0.4 is 15.8 Å². The Morgan fingerprint density at radius 3 is 2.42 bits per heavy atom. The number of benzene rings is 2. The molecule has 8 heteroatoms. The Bertz CT molecular complexity index is 903. The number of nitriles is 1. The van der Waals surface area contributed by atoms with Crippen molar-refractivity contribution in [3.8, 4) is 6.07 Å². The molecule has 0 radical (unpaired) electrons. The standard InChI is InChI=1S/C18H20N4O3S/c19-13-15-3-1-2-4-17(15)21-12-10-18(23)22-11-9-14-5-7-16(8-6-14)26(20,24)25/h1-8,21H,9-12H2,(H,22,23)(H2,20,24,25). The molecule has 0 atom stereocenters. The van der Waals surface area contributed by atoms with Crippen molar-refractivity contribution in [1.82, 2.24) is 5.32 Å². The average Bonchev–Trinajstić information content (AvgIpc) is 2.62. The second-order valence-electron chi connectivity index (χ2n) is 5.62. The lowest BCUT2D eigenvalue weighted by atomic mass is 10.1. The molecule has 136 valence electrons. The number of amides is 1. The number of para-hydroxylation sites is 1. The van der Waals surface area contributed by atoms with Gasteiger partial charge in [-0.1, -0.05) is 24.3 Å². The molecule has 0 fully saturated rings. The number of nitrogens with one attached hydrogen (secondary N) is 2. The van der Waals surface area contributed by atoms with Gasteiger partial charge in [0.1, 0.15) is 6.07 Å². The number of anilines is 1. The van der Waals surface area contributed by atoms with Crippen molar-refractivity contribution in [3.05, 3.63) is 59.7 Å². The van der Waals surface area contributed by atoms with E-state index in [2.05, 4.69) is 16.7 Å². The summed E-state index contributed by atoms with van der Waals surface area (Å²) in [6, 6.07) is 15.4. The van der Waals surface area contributed by atoms with Crippen molar-refractivity contribution in [2.75, 3.05) is 18.4 Å². The molecular weight excluding hydrogens is 352 g/mol. The van der Waals surface area contributed by atoms with Gasteiger partial charge in [0.05, 0.1) is 16.1 Å². The van der Waals surface area contributed by atoms with Gasteiger partial charge in [0, 0.05) is 19.5 Å². The molecule has 0 aromatic heterocycles. The van der Waals surface area contributed by atoms with Crippen LogP contribution >= 0.6 is 0 Å². The van der Waals surface area contributed by atoms with Crippen molar-refractivity contribution in [3.63, 3.8) is 0 Å². The Kier molecular flexibility index (Phi) is 6.72. The Morgan fingerprint density at radius 2 is 1.77 bits per heavy atom. The Labute approximate surface area is 152 Å². The summed E-state index contributed by atoms with van der Waals surface area (Å²) >= 11 is 0. The van der Waals surface area contributed by atoms with Gasteiger partial charge >= 0.3 is 0 Å². The third kappa shape index (κ3) is 5.88. The number of nitrogens with zero attached hydrogens (tertiary/aromatic N) is 1. The SMILES string of the molecule is N#Cc1ccccc1NCCC(=O)NCCc1ccc(S(N)(=O)=O)cc1. The Morgan fingerprint density at radius 1 is 1.08 bits per heavy atom. The lowest BCUT2D eigenvalue weighted by molar-refractivity contribution is -0.120. The van der Waals surface area contributed by atoms with E-state index >= 15 is 0 Å². The smallest absolute Gasteiger partial charge is 0.238 e. The number of nitrogens with two attached hydrogens (primary N) is 1. The van der Waals surface area contributed by atoms with Gasteiger partial charge < -0.3 is 10.6 Å². The molecule has 2 rings (SSSR count). The summed E-state index contributed by atoms with van der Waals surface area (Å²) in [4.78, 5) is 11.9. The van der Waals surface area contributed by atoms with Crippen LogP contribution in [-0.4, -0.2) is 27.4 Å². The predicted molar refractivity (Wildman–Crippen MR) is 98.8 cm³/mol. The van der Waals surface area contributed by atoms with Crippen molar-refractivity contribution in [2.24, 2.45) is 5.14 Å². The zero-order chi connectivity index (χ0) is 19.0. The van der Waals surface area contributed by atoms with Crippen LogP contribution in [0, 0.1) is 11.3 Å². The highest BCUT2D eigenvalue weighted by Crippen LogP contribution is 2.13. The number of sulfonamides is 1. The highest BCUT2D eigenvalue weighted by Gasteiger charge is 2.07. The number of primary sulfonamides is 1. The molecular formula is C18H20N4O3S. The van der Waals surface area contributed by atoms with Crippen LogP contribution in [0.5, 0.6) is 0 Å². The Hall–Kier alpha value is -2.89. The summed E-state index contributed by atoms with van der Waals surface area (Å²) in [7, 11) is -3.69. The predicted octanol–water partition coefficient (Wildman–Crippen LogP) is 1.37. The third-order valence-electron chi connectivity index (χ3n) is 3.70. The number of carbonyl (C=O) groups is 1. The summed E-state index contributed by atoms with van der Waals surface area (Å²) in [6.45, 7) is 0.871. The van der Waals surface area contributed by atoms with Gasteiger partial charge in [-0.15, -0.1) is 0 Å². The second-order valence-corrected chi connectivity index (χ2v) is 7.18. The van der Waals surface area contributed by atoms with Crippen LogP contribution in [0.3, 0.4) is 0 Å². The van der Waals surface area contributed by atoms with E-state index in [0.717, 1.165) is 5.56 Å². The molecule has 26 heavy (non-hydrogen) atoms. The fraction of sp³-hybridized carbons (Fsp3) is 0.222. The first-order valence-corrected chi connectivity index (χ1v) is 9.56. The van der Waals surface area contributed by atoms with E-state index < -0.39 is 10.0 Å². The van der Waals surface area contributed by atoms with Gasteiger partial charge in [0.15, 0.2) is 0 Å². The maximum atomic E-state index is 11.9. The molecule has 0 aliphatic heterocycles. The van der Waals surface area contributed by atoms with Gasteiger partial charge in [0.2, 0.25) is 15.9 Å². The zero-order valence-electron chi connectivity index (χ0n) is 14.1. The Balaban J connectivity index is 1.71. The van der Waals surface area contributed by atoms with Crippen molar-refractivity contribution in [1.29, 1.82) is 5.26 Å². The van der Waals surface area contributed by atoms with Crippen LogP contribution in [0.15, 0.2) is 53.4 Å². The van der Waals surface area contributed by atoms with E-state index in [1.165, 1.54) is 12.1 Å². The topological polar surface area (TPSA) is 125 Å². The number of carbonyl (C=O) groups excluding carboxylic acids is 1. The molecule has 0 aliphatic rings. The lowest BCUT2D eigenvalue weighted by Gasteiger charge is -2.09. The van der Waals surface area contributed by atoms with Crippen molar-refractivity contribution in [2.45, 2.75) is 17.7 Å². The summed E-state index contributed by atoms with van der Waals surface area (Å²) in [5, 5.41) is 19.9. The molecule has 2 aromatic rings.